The van der Waals surface area contributed by atoms with Gasteiger partial charge in [0.25, 0.3) is 0 Å². The van der Waals surface area contributed by atoms with Crippen molar-refractivity contribution in [2.45, 2.75) is 84.7 Å². The predicted octanol–water partition coefficient (Wildman–Crippen LogP) is 5.66. The Morgan fingerprint density at radius 1 is 1.11 bits per heavy atom. The van der Waals surface area contributed by atoms with Crippen molar-refractivity contribution in [2.24, 2.45) is 5.92 Å². The number of carbonyl (C=O) groups excluding carboxylic acids is 1. The average Bonchev–Trinajstić information content (AvgIpc) is 3.26. The first-order valence-corrected chi connectivity index (χ1v) is 13.8. The number of aliphatic hydroxyl groups is 1. The highest BCUT2D eigenvalue weighted by molar-refractivity contribution is 5.88. The molecule has 0 radical (unpaired) electrons. The Balaban J connectivity index is 1.55. The van der Waals surface area contributed by atoms with Gasteiger partial charge in [-0.3, -0.25) is 0 Å². The van der Waals surface area contributed by atoms with E-state index in [1.807, 2.05) is 39.0 Å². The first-order chi connectivity index (χ1) is 18.1. The predicted molar refractivity (Wildman–Crippen MR) is 152 cm³/mol. The molecule has 2 aromatic rings. The van der Waals surface area contributed by atoms with Crippen LogP contribution in [-0.4, -0.2) is 48.6 Å². The Kier molecular flexibility index (Phi) is 11.0. The Bertz CT molecular complexity index is 1050. The molecule has 1 aliphatic carbocycles. The molecule has 0 spiro atoms. The van der Waals surface area contributed by atoms with Crippen LogP contribution in [0.5, 0.6) is 5.75 Å². The largest absolute Gasteiger partial charge is 0.490 e. The maximum atomic E-state index is 11.9. The van der Waals surface area contributed by atoms with Crippen LogP contribution in [0.25, 0.3) is 6.08 Å². The van der Waals surface area contributed by atoms with Gasteiger partial charge in [0.1, 0.15) is 5.75 Å². The van der Waals surface area contributed by atoms with Gasteiger partial charge in [0.2, 0.25) is 0 Å². The number of benzene rings is 2. The lowest BCUT2D eigenvalue weighted by atomic mass is 9.88. The molecule has 0 bridgehead atoms. The second kappa shape index (κ2) is 13.9. The molecule has 1 aliphatic rings. The van der Waals surface area contributed by atoms with Crippen molar-refractivity contribution in [1.29, 1.82) is 0 Å². The van der Waals surface area contributed by atoms with E-state index >= 15 is 0 Å². The van der Waals surface area contributed by atoms with Crippen LogP contribution in [-0.2, 0) is 27.1 Å². The monoisotopic (exact) mass is 523 g/mol. The molecule has 3 rings (SSSR count). The van der Waals surface area contributed by atoms with Gasteiger partial charge < -0.3 is 24.6 Å². The first kappa shape index (κ1) is 29.9. The number of β-amino-alcohol motifs (C(OH)–C–C–N with tert-alkyl or cyclic N) is 1. The second-order valence-corrected chi connectivity index (χ2v) is 11.2. The van der Waals surface area contributed by atoms with Crippen molar-refractivity contribution in [1.82, 2.24) is 5.32 Å². The van der Waals surface area contributed by atoms with Crippen LogP contribution >= 0.6 is 0 Å². The molecule has 6 heteroatoms. The summed E-state index contributed by atoms with van der Waals surface area (Å²) in [6, 6.07) is 14.5. The number of ether oxygens (including phenoxy) is 3. The number of carbonyl (C=O) groups is 1. The zero-order valence-electron chi connectivity index (χ0n) is 23.8. The summed E-state index contributed by atoms with van der Waals surface area (Å²) >= 11 is 0. The summed E-state index contributed by atoms with van der Waals surface area (Å²) in [4.78, 5) is 11.9. The summed E-state index contributed by atoms with van der Waals surface area (Å²) < 4.78 is 17.1. The van der Waals surface area contributed by atoms with Gasteiger partial charge in [0, 0.05) is 23.7 Å². The summed E-state index contributed by atoms with van der Waals surface area (Å²) in [5, 5.41) is 14.3. The van der Waals surface area contributed by atoms with Crippen LogP contribution < -0.4 is 10.1 Å². The van der Waals surface area contributed by atoms with E-state index in [4.69, 9.17) is 14.2 Å². The highest BCUT2D eigenvalue weighted by Gasteiger charge is 2.28. The molecule has 38 heavy (non-hydrogen) atoms. The van der Waals surface area contributed by atoms with E-state index in [1.165, 1.54) is 17.2 Å². The number of esters is 1. The van der Waals surface area contributed by atoms with Crippen LogP contribution in [0, 0.1) is 5.92 Å². The SMILES string of the molecule is CCOC(=O)/C=C/c1c(OC(C)C)cccc1C(C)OCC(O)CNC(C)(C)CC1Cc2ccccc2C1. The maximum absolute atomic E-state index is 11.9. The molecule has 0 heterocycles. The second-order valence-electron chi connectivity index (χ2n) is 11.2. The quantitative estimate of drug-likeness (QED) is 0.246. The van der Waals surface area contributed by atoms with Crippen molar-refractivity contribution >= 4 is 12.0 Å². The van der Waals surface area contributed by atoms with E-state index in [0.29, 0.717) is 24.8 Å². The maximum Gasteiger partial charge on any atom is 0.330 e. The third kappa shape index (κ3) is 8.97. The minimum absolute atomic E-state index is 0.0223. The van der Waals surface area contributed by atoms with Gasteiger partial charge in [-0.15, -0.1) is 0 Å². The van der Waals surface area contributed by atoms with Gasteiger partial charge in [0.05, 0.1) is 31.5 Å². The van der Waals surface area contributed by atoms with Crippen LogP contribution in [0.15, 0.2) is 48.5 Å². The zero-order chi connectivity index (χ0) is 27.7. The van der Waals surface area contributed by atoms with Crippen molar-refractivity contribution in [3.63, 3.8) is 0 Å². The summed E-state index contributed by atoms with van der Waals surface area (Å²) in [7, 11) is 0. The molecule has 0 aliphatic heterocycles. The van der Waals surface area contributed by atoms with Gasteiger partial charge in [-0.25, -0.2) is 4.79 Å². The van der Waals surface area contributed by atoms with Gasteiger partial charge >= 0.3 is 5.97 Å². The van der Waals surface area contributed by atoms with Gasteiger partial charge in [-0.1, -0.05) is 36.4 Å². The van der Waals surface area contributed by atoms with E-state index in [0.717, 1.165) is 30.4 Å². The van der Waals surface area contributed by atoms with E-state index in [-0.39, 0.29) is 24.4 Å². The molecule has 0 saturated heterocycles. The van der Waals surface area contributed by atoms with Gasteiger partial charge in [0.15, 0.2) is 0 Å². The van der Waals surface area contributed by atoms with Crippen LogP contribution in [0.4, 0.5) is 0 Å². The number of nitrogens with one attached hydrogen (secondary N) is 1. The average molecular weight is 524 g/mol. The Labute approximate surface area is 228 Å². The van der Waals surface area contributed by atoms with Crippen LogP contribution in [0.2, 0.25) is 0 Å². The summed E-state index contributed by atoms with van der Waals surface area (Å²) in [6.45, 7) is 13.0. The molecule has 2 aromatic carbocycles. The van der Waals surface area contributed by atoms with E-state index in [9.17, 15) is 9.90 Å². The molecule has 208 valence electrons. The molecule has 2 N–H and O–H groups in total. The van der Waals surface area contributed by atoms with E-state index in [1.54, 1.807) is 13.0 Å². The number of rotatable bonds is 14. The lowest BCUT2D eigenvalue weighted by molar-refractivity contribution is -0.137. The fourth-order valence-electron chi connectivity index (χ4n) is 5.18. The molecular weight excluding hydrogens is 478 g/mol. The molecule has 0 amide bonds. The van der Waals surface area contributed by atoms with Crippen LogP contribution in [0.1, 0.15) is 76.3 Å². The van der Waals surface area contributed by atoms with Crippen LogP contribution in [0.3, 0.4) is 0 Å². The summed E-state index contributed by atoms with van der Waals surface area (Å²) in [6.07, 6.45) is 5.43. The smallest absolute Gasteiger partial charge is 0.330 e. The Morgan fingerprint density at radius 3 is 2.42 bits per heavy atom. The number of fused-ring (bicyclic) bond motifs is 1. The van der Waals surface area contributed by atoms with Crippen molar-refractivity contribution < 1.29 is 24.1 Å². The fraction of sp³-hybridized carbons (Fsp3) is 0.531. The van der Waals surface area contributed by atoms with E-state index in [2.05, 4.69) is 43.4 Å². The molecule has 2 atom stereocenters. The molecule has 0 aromatic heterocycles. The number of hydrogen-bond acceptors (Lipinski definition) is 6. The van der Waals surface area contributed by atoms with Gasteiger partial charge in [-0.2, -0.15) is 0 Å². The molecular formula is C32H45NO5. The Morgan fingerprint density at radius 2 is 1.79 bits per heavy atom. The highest BCUT2D eigenvalue weighted by Crippen LogP contribution is 2.33. The number of aliphatic hydroxyl groups excluding tert-OH is 1. The standard InChI is InChI=1S/C32H45NO5/c1-7-36-31(35)16-15-29-28(13-10-14-30(29)38-22(2)3)23(4)37-21-27(34)20-33-32(5,6)19-24-17-25-11-8-9-12-26(25)18-24/h8-16,22-24,27,33-34H,7,17-21H2,1-6H3/b16-15+. The Hall–Kier alpha value is -2.67. The molecule has 2 unspecified atom stereocenters. The normalized spacial score (nSPS) is 15.6. The van der Waals surface area contributed by atoms with Crippen molar-refractivity contribution in [3.05, 3.63) is 70.8 Å². The lowest BCUT2D eigenvalue weighted by Crippen LogP contribution is -2.45. The first-order valence-electron chi connectivity index (χ1n) is 13.8. The topological polar surface area (TPSA) is 77.0 Å². The fourth-order valence-corrected chi connectivity index (χ4v) is 5.18. The molecule has 0 fully saturated rings. The number of hydrogen-bond donors (Lipinski definition) is 2. The minimum atomic E-state index is -0.647. The zero-order valence-corrected chi connectivity index (χ0v) is 23.8. The van der Waals surface area contributed by atoms with Gasteiger partial charge in [-0.05, 0) is 95.6 Å². The van der Waals surface area contributed by atoms with E-state index < -0.39 is 12.1 Å². The minimum Gasteiger partial charge on any atom is -0.490 e. The van der Waals surface area contributed by atoms with Crippen molar-refractivity contribution in [2.75, 3.05) is 19.8 Å². The van der Waals surface area contributed by atoms with Crippen molar-refractivity contribution in [3.8, 4) is 5.75 Å². The highest BCUT2D eigenvalue weighted by atomic mass is 16.5. The summed E-state index contributed by atoms with van der Waals surface area (Å²) in [5.41, 5.74) is 4.50. The molecule has 0 saturated carbocycles. The third-order valence-electron chi connectivity index (χ3n) is 6.86. The lowest BCUT2D eigenvalue weighted by Gasteiger charge is -2.31. The third-order valence-corrected chi connectivity index (χ3v) is 6.86. The summed E-state index contributed by atoms with van der Waals surface area (Å²) in [5.74, 6) is 0.883. The molecule has 6 nitrogen and oxygen atoms in total.